The molecule has 2 atom stereocenters. The largest absolute Gasteiger partial charge is 0.373 e. The minimum Gasteiger partial charge on any atom is -0.373 e. The number of ketones is 1. The molecule has 2 fully saturated rings. The van der Waals surface area contributed by atoms with Gasteiger partial charge in [0.1, 0.15) is 19.3 Å². The van der Waals surface area contributed by atoms with Crippen molar-refractivity contribution in [2.45, 2.75) is 31.9 Å². The summed E-state index contributed by atoms with van der Waals surface area (Å²) in [5.74, 6) is -1.48. The van der Waals surface area contributed by atoms with Crippen LogP contribution in [-0.4, -0.2) is 61.9 Å². The predicted molar refractivity (Wildman–Crippen MR) is 87.5 cm³/mol. The number of carbonyl (C=O) groups excluding carboxylic acids is 2. The van der Waals surface area contributed by atoms with Crippen LogP contribution in [0.2, 0.25) is 0 Å². The SMILES string of the molecule is O=C1COC[C@@H](C(F)F)C1.O=C1COC[C@@H](C(F)F)N1Cc1ccccc1. The number of hydrogen-bond acceptors (Lipinski definition) is 4. The number of rotatable bonds is 4. The molecule has 2 saturated heterocycles. The Labute approximate surface area is 154 Å². The predicted octanol–water partition coefficient (Wildman–Crippen LogP) is 2.54. The number of hydrogen-bond donors (Lipinski definition) is 0. The average molecular weight is 391 g/mol. The lowest BCUT2D eigenvalue weighted by Crippen LogP contribution is -2.52. The molecule has 1 aromatic carbocycles. The summed E-state index contributed by atoms with van der Waals surface area (Å²) in [7, 11) is 0. The van der Waals surface area contributed by atoms with Gasteiger partial charge in [-0.15, -0.1) is 0 Å². The summed E-state index contributed by atoms with van der Waals surface area (Å²) < 4.78 is 58.7. The van der Waals surface area contributed by atoms with E-state index in [2.05, 4.69) is 4.74 Å². The van der Waals surface area contributed by atoms with E-state index >= 15 is 0 Å². The molecule has 2 aliphatic rings. The third-order valence-corrected chi connectivity index (χ3v) is 4.16. The van der Waals surface area contributed by atoms with Crippen LogP contribution in [0, 0.1) is 5.92 Å². The Bertz CT molecular complexity index is 615. The molecule has 9 heteroatoms. The van der Waals surface area contributed by atoms with E-state index in [-0.39, 0.29) is 51.1 Å². The van der Waals surface area contributed by atoms with Crippen molar-refractivity contribution in [1.82, 2.24) is 4.90 Å². The zero-order valence-corrected chi connectivity index (χ0v) is 14.5. The van der Waals surface area contributed by atoms with Crippen molar-refractivity contribution in [1.29, 1.82) is 0 Å². The van der Waals surface area contributed by atoms with Crippen molar-refractivity contribution < 1.29 is 36.6 Å². The van der Waals surface area contributed by atoms with Gasteiger partial charge in [0, 0.05) is 13.0 Å². The fourth-order valence-electron chi connectivity index (χ4n) is 2.72. The number of carbonyl (C=O) groups is 2. The van der Waals surface area contributed by atoms with Crippen LogP contribution in [0.1, 0.15) is 12.0 Å². The van der Waals surface area contributed by atoms with E-state index < -0.39 is 24.8 Å². The first-order valence-corrected chi connectivity index (χ1v) is 8.45. The van der Waals surface area contributed by atoms with Crippen LogP contribution in [0.25, 0.3) is 0 Å². The van der Waals surface area contributed by atoms with Crippen molar-refractivity contribution in [2.75, 3.05) is 26.4 Å². The highest BCUT2D eigenvalue weighted by Gasteiger charge is 2.35. The highest BCUT2D eigenvalue weighted by Crippen LogP contribution is 2.19. The maximum absolute atomic E-state index is 12.8. The number of alkyl halides is 4. The topological polar surface area (TPSA) is 55.8 Å². The van der Waals surface area contributed by atoms with Gasteiger partial charge in [0.05, 0.1) is 19.1 Å². The van der Waals surface area contributed by atoms with Gasteiger partial charge in [0.15, 0.2) is 5.78 Å². The molecule has 0 aliphatic carbocycles. The van der Waals surface area contributed by atoms with E-state index in [0.29, 0.717) is 0 Å². The van der Waals surface area contributed by atoms with Gasteiger partial charge >= 0.3 is 0 Å². The molecule has 0 N–H and O–H groups in total. The molecule has 1 aromatic rings. The Morgan fingerprint density at radius 3 is 2.19 bits per heavy atom. The number of nitrogens with zero attached hydrogens (tertiary/aromatic N) is 1. The third kappa shape index (κ3) is 6.59. The standard InChI is InChI=1S/C12H13F2NO2.C6H8F2O2/c13-12(14)10-7-17-8-11(16)15(10)6-9-4-2-1-3-5-9;7-6(8)4-1-5(9)3-10-2-4/h1-5,10,12H,6-8H2;4,6H,1-3H2/t10-;4-/m00/s1. The van der Waals surface area contributed by atoms with Gasteiger partial charge in [-0.2, -0.15) is 0 Å². The molecule has 3 rings (SSSR count). The number of ether oxygens (including phenoxy) is 2. The van der Waals surface area contributed by atoms with Gasteiger partial charge in [0.2, 0.25) is 12.3 Å². The first-order chi connectivity index (χ1) is 12.9. The molecule has 27 heavy (non-hydrogen) atoms. The minimum atomic E-state index is -2.58. The Morgan fingerprint density at radius 2 is 1.63 bits per heavy atom. The van der Waals surface area contributed by atoms with Gasteiger partial charge in [-0.05, 0) is 5.56 Å². The quantitative estimate of drug-likeness (QED) is 0.741. The van der Waals surface area contributed by atoms with Crippen molar-refractivity contribution in [2.24, 2.45) is 5.92 Å². The fraction of sp³-hybridized carbons (Fsp3) is 0.556. The summed E-state index contributed by atoms with van der Waals surface area (Å²) >= 11 is 0. The van der Waals surface area contributed by atoms with E-state index in [1.807, 2.05) is 30.3 Å². The van der Waals surface area contributed by atoms with Crippen LogP contribution < -0.4 is 0 Å². The summed E-state index contributed by atoms with van der Waals surface area (Å²) in [5.41, 5.74) is 0.841. The number of Topliss-reactive ketones (excluding diaryl/α,β-unsaturated/α-hetero) is 1. The lowest BCUT2D eigenvalue weighted by Gasteiger charge is -2.34. The Hall–Kier alpha value is -2.00. The smallest absolute Gasteiger partial charge is 0.260 e. The third-order valence-electron chi connectivity index (χ3n) is 4.16. The second-order valence-electron chi connectivity index (χ2n) is 6.28. The fourth-order valence-corrected chi connectivity index (χ4v) is 2.72. The van der Waals surface area contributed by atoms with Crippen molar-refractivity contribution in [3.8, 4) is 0 Å². The molecule has 1 amide bonds. The van der Waals surface area contributed by atoms with E-state index in [1.165, 1.54) is 4.90 Å². The molecule has 0 spiro atoms. The van der Waals surface area contributed by atoms with Crippen LogP contribution in [0.4, 0.5) is 17.6 Å². The van der Waals surface area contributed by atoms with Gasteiger partial charge in [-0.25, -0.2) is 17.6 Å². The zero-order chi connectivity index (χ0) is 19.8. The van der Waals surface area contributed by atoms with Crippen molar-refractivity contribution in [3.05, 3.63) is 35.9 Å². The Kier molecular flexibility index (Phi) is 8.18. The lowest BCUT2D eigenvalue weighted by atomic mass is 10.0. The summed E-state index contributed by atoms with van der Waals surface area (Å²) in [6, 6.07) is 7.96. The molecule has 0 unspecified atom stereocenters. The number of morpholine rings is 1. The first-order valence-electron chi connectivity index (χ1n) is 8.45. The van der Waals surface area contributed by atoms with Crippen molar-refractivity contribution >= 4 is 11.7 Å². The second-order valence-corrected chi connectivity index (χ2v) is 6.28. The average Bonchev–Trinajstić information content (AvgIpc) is 2.64. The molecule has 0 bridgehead atoms. The number of halogens is 4. The summed E-state index contributed by atoms with van der Waals surface area (Å²) in [4.78, 5) is 23.3. The Morgan fingerprint density at radius 1 is 0.963 bits per heavy atom. The monoisotopic (exact) mass is 391 g/mol. The van der Waals surface area contributed by atoms with Gasteiger partial charge in [0.25, 0.3) is 6.43 Å². The van der Waals surface area contributed by atoms with Gasteiger partial charge in [-0.3, -0.25) is 9.59 Å². The molecule has 150 valence electrons. The number of amides is 1. The molecule has 2 aliphatic heterocycles. The number of benzene rings is 1. The summed E-state index contributed by atoms with van der Waals surface area (Å²) in [6.07, 6.45) is -5.04. The molecular formula is C18H21F4NO4. The van der Waals surface area contributed by atoms with Crippen LogP contribution in [0.3, 0.4) is 0 Å². The highest BCUT2D eigenvalue weighted by molar-refractivity contribution is 5.80. The summed E-state index contributed by atoms with van der Waals surface area (Å²) in [5, 5.41) is 0. The molecule has 2 heterocycles. The molecule has 0 saturated carbocycles. The normalized spacial score (nSPS) is 23.4. The van der Waals surface area contributed by atoms with E-state index in [9.17, 15) is 27.2 Å². The van der Waals surface area contributed by atoms with E-state index in [4.69, 9.17) is 4.74 Å². The van der Waals surface area contributed by atoms with Crippen molar-refractivity contribution in [3.63, 3.8) is 0 Å². The van der Waals surface area contributed by atoms with Gasteiger partial charge in [-0.1, -0.05) is 30.3 Å². The summed E-state index contributed by atoms with van der Waals surface area (Å²) in [6.45, 7) is 0.0109. The second kappa shape index (κ2) is 10.4. The lowest BCUT2D eigenvalue weighted by molar-refractivity contribution is -0.157. The Balaban J connectivity index is 0.000000223. The van der Waals surface area contributed by atoms with Crippen LogP contribution >= 0.6 is 0 Å². The van der Waals surface area contributed by atoms with E-state index in [1.54, 1.807) is 0 Å². The highest BCUT2D eigenvalue weighted by atomic mass is 19.3. The molecule has 0 aromatic heterocycles. The maximum Gasteiger partial charge on any atom is 0.260 e. The van der Waals surface area contributed by atoms with Crippen LogP contribution in [0.5, 0.6) is 0 Å². The van der Waals surface area contributed by atoms with Crippen LogP contribution in [-0.2, 0) is 25.6 Å². The molecule has 5 nitrogen and oxygen atoms in total. The molecular weight excluding hydrogens is 370 g/mol. The molecule has 0 radical (unpaired) electrons. The van der Waals surface area contributed by atoms with Gasteiger partial charge < -0.3 is 14.4 Å². The minimum absolute atomic E-state index is 0.00319. The van der Waals surface area contributed by atoms with E-state index in [0.717, 1.165) is 5.56 Å². The first kappa shape index (κ1) is 21.3. The maximum atomic E-state index is 12.8. The van der Waals surface area contributed by atoms with Crippen LogP contribution in [0.15, 0.2) is 30.3 Å². The zero-order valence-electron chi connectivity index (χ0n) is 14.5.